The number of benzene rings is 1. The van der Waals surface area contributed by atoms with Gasteiger partial charge in [0.05, 0.1) is 19.3 Å². The largest absolute Gasteiger partial charge is 0.377 e. The number of carbonyl (C=O) groups excluding carboxylic acids is 1. The minimum Gasteiger partial charge on any atom is -0.377 e. The number of rotatable bonds is 2. The lowest BCUT2D eigenvalue weighted by Gasteiger charge is -2.26. The summed E-state index contributed by atoms with van der Waals surface area (Å²) >= 11 is 0. The van der Waals surface area contributed by atoms with Crippen LogP contribution in [0.1, 0.15) is 10.4 Å². The van der Waals surface area contributed by atoms with Crippen LogP contribution in [0.3, 0.4) is 0 Å². The van der Waals surface area contributed by atoms with Gasteiger partial charge in [0.25, 0.3) is 5.91 Å². The van der Waals surface area contributed by atoms with E-state index in [0.717, 1.165) is 0 Å². The molecular weight excluding hydrogens is 166 g/mol. The summed E-state index contributed by atoms with van der Waals surface area (Å²) in [5, 5.41) is 2.87. The van der Waals surface area contributed by atoms with Crippen molar-refractivity contribution in [2.24, 2.45) is 0 Å². The summed E-state index contributed by atoms with van der Waals surface area (Å²) in [5.74, 6) is -0.0195. The van der Waals surface area contributed by atoms with Crippen LogP contribution in [0, 0.1) is 0 Å². The summed E-state index contributed by atoms with van der Waals surface area (Å²) in [7, 11) is 0. The number of hydrogen-bond acceptors (Lipinski definition) is 2. The van der Waals surface area contributed by atoms with Crippen molar-refractivity contribution < 1.29 is 9.53 Å². The van der Waals surface area contributed by atoms with Crippen LogP contribution in [-0.2, 0) is 4.74 Å². The third kappa shape index (κ3) is 1.87. The van der Waals surface area contributed by atoms with E-state index in [1.807, 2.05) is 18.2 Å². The van der Waals surface area contributed by atoms with Crippen molar-refractivity contribution in [3.8, 4) is 0 Å². The molecule has 1 amide bonds. The van der Waals surface area contributed by atoms with Crippen molar-refractivity contribution in [3.05, 3.63) is 35.9 Å². The van der Waals surface area contributed by atoms with Crippen LogP contribution in [0.2, 0.25) is 0 Å². The van der Waals surface area contributed by atoms with Crippen molar-refractivity contribution in [1.29, 1.82) is 0 Å². The highest BCUT2D eigenvalue weighted by Gasteiger charge is 2.20. The van der Waals surface area contributed by atoms with Gasteiger partial charge in [-0.1, -0.05) is 18.2 Å². The number of hydrogen-bond donors (Lipinski definition) is 1. The van der Waals surface area contributed by atoms with Gasteiger partial charge in [-0.15, -0.1) is 0 Å². The Bertz CT molecular complexity index is 293. The number of carbonyl (C=O) groups is 1. The van der Waals surface area contributed by atoms with Crippen LogP contribution < -0.4 is 5.32 Å². The maximum atomic E-state index is 11.5. The highest BCUT2D eigenvalue weighted by Crippen LogP contribution is 2.03. The molecule has 0 saturated carbocycles. The zero-order valence-corrected chi connectivity index (χ0v) is 7.19. The van der Waals surface area contributed by atoms with Crippen LogP contribution in [0.15, 0.2) is 30.3 Å². The fourth-order valence-corrected chi connectivity index (χ4v) is 1.18. The second-order valence-electron chi connectivity index (χ2n) is 3.07. The number of amides is 1. The first-order valence-electron chi connectivity index (χ1n) is 4.30. The molecule has 1 N–H and O–H groups in total. The molecule has 0 spiro atoms. The van der Waals surface area contributed by atoms with E-state index in [4.69, 9.17) is 4.74 Å². The fourth-order valence-electron chi connectivity index (χ4n) is 1.18. The van der Waals surface area contributed by atoms with Crippen LogP contribution in [0.5, 0.6) is 0 Å². The molecule has 1 fully saturated rings. The normalized spacial score (nSPS) is 16.3. The first-order valence-corrected chi connectivity index (χ1v) is 4.30. The average Bonchev–Trinajstić information content (AvgIpc) is 2.12. The molecule has 3 heteroatoms. The molecule has 0 unspecified atom stereocenters. The van der Waals surface area contributed by atoms with E-state index in [9.17, 15) is 4.79 Å². The van der Waals surface area contributed by atoms with E-state index in [2.05, 4.69) is 5.32 Å². The van der Waals surface area contributed by atoms with Gasteiger partial charge in [-0.25, -0.2) is 0 Å². The highest BCUT2D eigenvalue weighted by molar-refractivity contribution is 5.94. The van der Waals surface area contributed by atoms with Gasteiger partial charge in [0.1, 0.15) is 0 Å². The lowest BCUT2D eigenvalue weighted by molar-refractivity contribution is -0.00346. The van der Waals surface area contributed by atoms with Crippen molar-refractivity contribution in [2.45, 2.75) is 6.04 Å². The van der Waals surface area contributed by atoms with Crippen LogP contribution in [0.25, 0.3) is 0 Å². The summed E-state index contributed by atoms with van der Waals surface area (Å²) in [5.41, 5.74) is 0.703. The van der Waals surface area contributed by atoms with E-state index >= 15 is 0 Å². The van der Waals surface area contributed by atoms with Crippen molar-refractivity contribution in [3.63, 3.8) is 0 Å². The maximum absolute atomic E-state index is 11.5. The van der Waals surface area contributed by atoms with E-state index in [1.54, 1.807) is 12.1 Å². The molecule has 3 nitrogen and oxygen atoms in total. The molecule has 13 heavy (non-hydrogen) atoms. The van der Waals surface area contributed by atoms with Crippen molar-refractivity contribution >= 4 is 5.91 Å². The average molecular weight is 177 g/mol. The molecule has 0 radical (unpaired) electrons. The standard InChI is InChI=1S/C10H11NO2/c12-10(11-9-6-13-7-9)8-4-2-1-3-5-8/h1-5,9H,6-7H2,(H,11,12). The van der Waals surface area contributed by atoms with E-state index in [0.29, 0.717) is 18.8 Å². The molecule has 0 aromatic heterocycles. The Morgan fingerprint density at radius 2 is 2.00 bits per heavy atom. The molecule has 1 aromatic rings. The summed E-state index contributed by atoms with van der Waals surface area (Å²) < 4.78 is 4.96. The zero-order chi connectivity index (χ0) is 9.10. The van der Waals surface area contributed by atoms with Gasteiger partial charge in [-0.2, -0.15) is 0 Å². The SMILES string of the molecule is O=C(NC1COC1)c1ccccc1. The third-order valence-electron chi connectivity index (χ3n) is 2.01. The first-order chi connectivity index (χ1) is 6.36. The highest BCUT2D eigenvalue weighted by atomic mass is 16.5. The second kappa shape index (κ2) is 3.58. The van der Waals surface area contributed by atoms with Gasteiger partial charge in [-0.3, -0.25) is 4.79 Å². The van der Waals surface area contributed by atoms with Crippen LogP contribution >= 0.6 is 0 Å². The Hall–Kier alpha value is -1.35. The molecule has 0 bridgehead atoms. The molecule has 1 heterocycles. The lowest BCUT2D eigenvalue weighted by atomic mass is 10.2. The van der Waals surface area contributed by atoms with Crippen LogP contribution in [0.4, 0.5) is 0 Å². The molecule has 2 rings (SSSR count). The van der Waals surface area contributed by atoms with Crippen molar-refractivity contribution in [1.82, 2.24) is 5.32 Å². The van der Waals surface area contributed by atoms with Gasteiger partial charge < -0.3 is 10.1 Å². The van der Waals surface area contributed by atoms with Gasteiger partial charge in [-0.05, 0) is 12.1 Å². The molecule has 1 saturated heterocycles. The van der Waals surface area contributed by atoms with Gasteiger partial charge >= 0.3 is 0 Å². The molecule has 1 aromatic carbocycles. The first kappa shape index (κ1) is 8.26. The summed E-state index contributed by atoms with van der Waals surface area (Å²) in [6.07, 6.45) is 0. The molecule has 1 aliphatic rings. The number of nitrogens with one attached hydrogen (secondary N) is 1. The number of ether oxygens (including phenoxy) is 1. The summed E-state index contributed by atoms with van der Waals surface area (Å²) in [4.78, 5) is 11.5. The predicted octanol–water partition coefficient (Wildman–Crippen LogP) is 0.815. The van der Waals surface area contributed by atoms with Gasteiger partial charge in [0, 0.05) is 5.56 Å². The molecular formula is C10H11NO2. The molecule has 1 aliphatic heterocycles. The Labute approximate surface area is 76.7 Å². The second-order valence-corrected chi connectivity index (χ2v) is 3.07. The topological polar surface area (TPSA) is 38.3 Å². The summed E-state index contributed by atoms with van der Waals surface area (Å²) in [6.45, 7) is 1.27. The van der Waals surface area contributed by atoms with E-state index < -0.39 is 0 Å². The lowest BCUT2D eigenvalue weighted by Crippen LogP contribution is -2.48. The fraction of sp³-hybridized carbons (Fsp3) is 0.300. The Kier molecular flexibility index (Phi) is 2.27. The Morgan fingerprint density at radius 1 is 1.31 bits per heavy atom. The summed E-state index contributed by atoms with van der Waals surface area (Å²) in [6, 6.07) is 9.40. The maximum Gasteiger partial charge on any atom is 0.251 e. The van der Waals surface area contributed by atoms with Gasteiger partial charge in [0.15, 0.2) is 0 Å². The van der Waals surface area contributed by atoms with Crippen LogP contribution in [-0.4, -0.2) is 25.2 Å². The Balaban J connectivity index is 1.97. The minimum atomic E-state index is -0.0195. The quantitative estimate of drug-likeness (QED) is 0.726. The minimum absolute atomic E-state index is 0.0195. The van der Waals surface area contributed by atoms with E-state index in [1.165, 1.54) is 0 Å². The zero-order valence-electron chi connectivity index (χ0n) is 7.19. The molecule has 68 valence electrons. The molecule has 0 atom stereocenters. The van der Waals surface area contributed by atoms with E-state index in [-0.39, 0.29) is 11.9 Å². The van der Waals surface area contributed by atoms with Gasteiger partial charge in [0.2, 0.25) is 0 Å². The van der Waals surface area contributed by atoms with Crippen molar-refractivity contribution in [2.75, 3.05) is 13.2 Å². The smallest absolute Gasteiger partial charge is 0.251 e. The molecule has 0 aliphatic carbocycles. The third-order valence-corrected chi connectivity index (χ3v) is 2.01. The monoisotopic (exact) mass is 177 g/mol. The predicted molar refractivity (Wildman–Crippen MR) is 48.5 cm³/mol. The Morgan fingerprint density at radius 3 is 2.54 bits per heavy atom.